The Bertz CT molecular complexity index is 336. The Morgan fingerprint density at radius 2 is 1.76 bits per heavy atom. The topological polar surface area (TPSA) is 80.7 Å². The molecule has 0 rings (SSSR count). The lowest BCUT2D eigenvalue weighted by atomic mass is 9.77. The molecule has 1 N–H and O–H groups in total. The SMILES string of the molecule is COC(=O)CC(CC=C(C)C)(C(C)=O)C(=O)O. The van der Waals surface area contributed by atoms with Gasteiger partial charge in [0.15, 0.2) is 0 Å². The van der Waals surface area contributed by atoms with Gasteiger partial charge in [0.05, 0.1) is 13.5 Å². The Morgan fingerprint density at radius 3 is 2.06 bits per heavy atom. The molecule has 0 spiro atoms. The summed E-state index contributed by atoms with van der Waals surface area (Å²) in [4.78, 5) is 34.0. The van der Waals surface area contributed by atoms with Gasteiger partial charge in [-0.2, -0.15) is 0 Å². The van der Waals surface area contributed by atoms with Crippen molar-refractivity contribution in [3.05, 3.63) is 11.6 Å². The van der Waals surface area contributed by atoms with Crippen LogP contribution in [0.25, 0.3) is 0 Å². The van der Waals surface area contributed by atoms with Crippen LogP contribution >= 0.6 is 0 Å². The lowest BCUT2D eigenvalue weighted by molar-refractivity contribution is -0.161. The quantitative estimate of drug-likeness (QED) is 0.434. The van der Waals surface area contributed by atoms with E-state index in [-0.39, 0.29) is 6.42 Å². The number of carboxylic acids is 1. The molecule has 0 saturated heterocycles. The fourth-order valence-electron chi connectivity index (χ4n) is 1.35. The number of Topliss-reactive ketones (excluding diaryl/α,β-unsaturated/α-hetero) is 1. The molecule has 0 saturated carbocycles. The molecule has 17 heavy (non-hydrogen) atoms. The number of carboxylic acid groups (broad SMARTS) is 1. The molecule has 5 nitrogen and oxygen atoms in total. The molecule has 0 radical (unpaired) electrons. The highest BCUT2D eigenvalue weighted by molar-refractivity contribution is 6.04. The van der Waals surface area contributed by atoms with E-state index >= 15 is 0 Å². The third-order valence-corrected chi connectivity index (χ3v) is 2.62. The highest BCUT2D eigenvalue weighted by atomic mass is 16.5. The second-order valence-electron chi connectivity index (χ2n) is 4.18. The van der Waals surface area contributed by atoms with Crippen molar-refractivity contribution in [1.29, 1.82) is 0 Å². The fourth-order valence-corrected chi connectivity index (χ4v) is 1.35. The molecule has 0 heterocycles. The van der Waals surface area contributed by atoms with Crippen LogP contribution in [-0.2, 0) is 19.1 Å². The minimum Gasteiger partial charge on any atom is -0.480 e. The number of methoxy groups -OCH3 is 1. The summed E-state index contributed by atoms with van der Waals surface area (Å²) in [6.45, 7) is 4.77. The highest BCUT2D eigenvalue weighted by Gasteiger charge is 2.44. The molecule has 0 aromatic heterocycles. The van der Waals surface area contributed by atoms with E-state index in [1.807, 2.05) is 0 Å². The number of ether oxygens (including phenoxy) is 1. The number of carbonyl (C=O) groups is 3. The molecule has 0 aromatic rings. The molecule has 0 bridgehead atoms. The number of hydrogen-bond donors (Lipinski definition) is 1. The van der Waals surface area contributed by atoms with Gasteiger partial charge in [0.1, 0.15) is 11.2 Å². The van der Waals surface area contributed by atoms with E-state index < -0.39 is 29.6 Å². The van der Waals surface area contributed by atoms with E-state index in [0.29, 0.717) is 0 Å². The van der Waals surface area contributed by atoms with E-state index in [9.17, 15) is 19.5 Å². The monoisotopic (exact) mass is 242 g/mol. The Balaban J connectivity index is 5.28. The Labute approximate surface area is 100 Å². The lowest BCUT2D eigenvalue weighted by Gasteiger charge is -2.24. The molecule has 0 aliphatic rings. The molecule has 0 aliphatic carbocycles. The fraction of sp³-hybridized carbons (Fsp3) is 0.583. The van der Waals surface area contributed by atoms with Crippen LogP contribution in [0.3, 0.4) is 0 Å². The summed E-state index contributed by atoms with van der Waals surface area (Å²) in [6.07, 6.45) is 1.19. The van der Waals surface area contributed by atoms with Crippen LogP contribution in [0.4, 0.5) is 0 Å². The third-order valence-electron chi connectivity index (χ3n) is 2.62. The Morgan fingerprint density at radius 1 is 1.24 bits per heavy atom. The zero-order valence-corrected chi connectivity index (χ0v) is 10.6. The van der Waals surface area contributed by atoms with Gasteiger partial charge in [0.2, 0.25) is 0 Å². The number of aliphatic carboxylic acids is 1. The summed E-state index contributed by atoms with van der Waals surface area (Å²) in [7, 11) is 1.16. The smallest absolute Gasteiger partial charge is 0.318 e. The van der Waals surface area contributed by atoms with Crippen LogP contribution in [0.15, 0.2) is 11.6 Å². The van der Waals surface area contributed by atoms with Gasteiger partial charge in [0, 0.05) is 0 Å². The summed E-state index contributed by atoms with van der Waals surface area (Å²) in [6, 6.07) is 0. The van der Waals surface area contributed by atoms with Crippen LogP contribution in [-0.4, -0.2) is 29.9 Å². The molecule has 5 heteroatoms. The van der Waals surface area contributed by atoms with Crippen LogP contribution in [0, 0.1) is 5.41 Å². The summed E-state index contributed by atoms with van der Waals surface area (Å²) in [5, 5.41) is 9.19. The second kappa shape index (κ2) is 6.18. The largest absolute Gasteiger partial charge is 0.480 e. The zero-order valence-electron chi connectivity index (χ0n) is 10.6. The first-order valence-electron chi connectivity index (χ1n) is 5.21. The van der Waals surface area contributed by atoms with Gasteiger partial charge in [-0.05, 0) is 27.2 Å². The predicted molar refractivity (Wildman–Crippen MR) is 61.4 cm³/mol. The van der Waals surface area contributed by atoms with Crippen molar-refractivity contribution in [3.8, 4) is 0 Å². The molecule has 96 valence electrons. The summed E-state index contributed by atoms with van der Waals surface area (Å²) >= 11 is 0. The number of carbonyl (C=O) groups excluding carboxylic acids is 2. The lowest BCUT2D eigenvalue weighted by Crippen LogP contribution is -2.40. The minimum atomic E-state index is -1.72. The minimum absolute atomic E-state index is 0.00486. The van der Waals surface area contributed by atoms with Crippen LogP contribution in [0.2, 0.25) is 0 Å². The van der Waals surface area contributed by atoms with Crippen molar-refractivity contribution in [3.63, 3.8) is 0 Å². The van der Waals surface area contributed by atoms with Crippen molar-refractivity contribution in [2.45, 2.75) is 33.6 Å². The molecular formula is C12H18O5. The number of hydrogen-bond acceptors (Lipinski definition) is 4. The van der Waals surface area contributed by atoms with Gasteiger partial charge >= 0.3 is 11.9 Å². The maximum absolute atomic E-state index is 11.6. The van der Waals surface area contributed by atoms with Gasteiger partial charge in [0.25, 0.3) is 0 Å². The molecule has 0 aliphatic heterocycles. The predicted octanol–water partition coefficient (Wildman–Crippen LogP) is 1.57. The first-order chi connectivity index (χ1) is 7.76. The summed E-state index contributed by atoms with van der Waals surface area (Å²) in [5.74, 6) is -2.55. The van der Waals surface area contributed by atoms with Crippen molar-refractivity contribution in [2.75, 3.05) is 7.11 Å². The maximum atomic E-state index is 11.6. The third kappa shape index (κ3) is 4.01. The van der Waals surface area contributed by atoms with Gasteiger partial charge in [-0.15, -0.1) is 0 Å². The first-order valence-corrected chi connectivity index (χ1v) is 5.21. The maximum Gasteiger partial charge on any atom is 0.318 e. The molecule has 0 fully saturated rings. The molecule has 0 aromatic carbocycles. The Kier molecular flexibility index (Phi) is 5.58. The van der Waals surface area contributed by atoms with Crippen LogP contribution < -0.4 is 0 Å². The Hall–Kier alpha value is -1.65. The van der Waals surface area contributed by atoms with E-state index in [1.54, 1.807) is 19.9 Å². The van der Waals surface area contributed by atoms with Crippen molar-refractivity contribution in [2.24, 2.45) is 5.41 Å². The number of esters is 1. The number of allylic oxidation sites excluding steroid dienone is 2. The standard InChI is InChI=1S/C12H18O5/c1-8(2)5-6-12(9(3)13,11(15)16)7-10(14)17-4/h5H,6-7H2,1-4H3,(H,15,16). The first kappa shape index (κ1) is 15.3. The average Bonchev–Trinajstić information content (AvgIpc) is 2.22. The van der Waals surface area contributed by atoms with Crippen molar-refractivity contribution >= 4 is 17.7 Å². The molecule has 1 atom stereocenters. The average molecular weight is 242 g/mol. The summed E-state index contributed by atoms with van der Waals surface area (Å²) < 4.78 is 4.44. The number of rotatable bonds is 6. The zero-order chi connectivity index (χ0) is 13.6. The van der Waals surface area contributed by atoms with E-state index in [2.05, 4.69) is 4.74 Å². The van der Waals surface area contributed by atoms with E-state index in [0.717, 1.165) is 12.7 Å². The second-order valence-corrected chi connectivity index (χ2v) is 4.18. The van der Waals surface area contributed by atoms with Gasteiger partial charge in [-0.1, -0.05) is 11.6 Å². The van der Waals surface area contributed by atoms with E-state index in [4.69, 9.17) is 0 Å². The van der Waals surface area contributed by atoms with Crippen molar-refractivity contribution in [1.82, 2.24) is 0 Å². The van der Waals surface area contributed by atoms with Gasteiger partial charge in [-0.25, -0.2) is 0 Å². The molecule has 0 amide bonds. The summed E-state index contributed by atoms with van der Waals surface area (Å²) in [5.41, 5.74) is -0.827. The highest BCUT2D eigenvalue weighted by Crippen LogP contribution is 2.30. The normalized spacial score (nSPS) is 13.4. The van der Waals surface area contributed by atoms with Gasteiger partial charge < -0.3 is 9.84 Å². The van der Waals surface area contributed by atoms with Crippen molar-refractivity contribution < 1.29 is 24.2 Å². The van der Waals surface area contributed by atoms with E-state index in [1.165, 1.54) is 6.92 Å². The number of ketones is 1. The molecular weight excluding hydrogens is 224 g/mol. The molecule has 1 unspecified atom stereocenters. The van der Waals surface area contributed by atoms with Gasteiger partial charge in [-0.3, -0.25) is 14.4 Å². The van der Waals surface area contributed by atoms with Crippen LogP contribution in [0.1, 0.15) is 33.6 Å². The van der Waals surface area contributed by atoms with Crippen LogP contribution in [0.5, 0.6) is 0 Å².